The van der Waals surface area contributed by atoms with Crippen LogP contribution in [0.15, 0.2) is 29.7 Å². The lowest BCUT2D eigenvalue weighted by molar-refractivity contribution is 0.0696. The predicted molar refractivity (Wildman–Crippen MR) is 70.0 cm³/mol. The van der Waals surface area contributed by atoms with E-state index in [0.29, 0.717) is 0 Å². The van der Waals surface area contributed by atoms with Gasteiger partial charge < -0.3 is 5.11 Å². The van der Waals surface area contributed by atoms with E-state index in [1.54, 1.807) is 0 Å². The molecule has 18 heavy (non-hydrogen) atoms. The molecular weight excluding hydrogens is 276 g/mol. The molecule has 0 spiro atoms. The molecule has 1 atom stereocenters. The zero-order valence-corrected chi connectivity index (χ0v) is 11.5. The Labute approximate surface area is 111 Å². The number of benzene rings is 1. The number of sulfone groups is 1. The van der Waals surface area contributed by atoms with Crippen LogP contribution in [-0.4, -0.2) is 24.7 Å². The Kier molecular flexibility index (Phi) is 4.19. The van der Waals surface area contributed by atoms with Crippen molar-refractivity contribution in [2.75, 3.05) is 0 Å². The molecule has 1 aromatic rings. The van der Waals surface area contributed by atoms with E-state index in [4.69, 9.17) is 16.7 Å². The van der Waals surface area contributed by atoms with E-state index in [1.807, 2.05) is 0 Å². The minimum absolute atomic E-state index is 0.0696. The van der Waals surface area contributed by atoms with Crippen LogP contribution in [0.5, 0.6) is 0 Å². The zero-order chi connectivity index (χ0) is 14.1. The van der Waals surface area contributed by atoms with Crippen molar-refractivity contribution in [2.24, 2.45) is 0 Å². The normalized spacial score (nSPS) is 13.1. The average molecular weight is 289 g/mol. The molecule has 0 heterocycles. The minimum atomic E-state index is -3.66. The second-order valence-corrected chi connectivity index (χ2v) is 6.58. The van der Waals surface area contributed by atoms with E-state index < -0.39 is 21.1 Å². The van der Waals surface area contributed by atoms with E-state index in [0.717, 1.165) is 0 Å². The quantitative estimate of drug-likeness (QED) is 0.865. The maximum atomic E-state index is 12.2. The first-order valence-corrected chi connectivity index (χ1v) is 7.04. The highest BCUT2D eigenvalue weighted by Crippen LogP contribution is 2.27. The summed E-state index contributed by atoms with van der Waals surface area (Å²) in [6.07, 6.45) is 1.29. The van der Waals surface area contributed by atoms with Gasteiger partial charge in [-0.05, 0) is 31.5 Å². The van der Waals surface area contributed by atoms with Crippen molar-refractivity contribution in [3.05, 3.63) is 40.9 Å². The zero-order valence-electron chi connectivity index (χ0n) is 9.97. The fourth-order valence-corrected chi connectivity index (χ4v) is 3.26. The van der Waals surface area contributed by atoms with Crippen LogP contribution >= 0.6 is 11.6 Å². The molecule has 0 saturated carbocycles. The summed E-state index contributed by atoms with van der Waals surface area (Å²) in [4.78, 5) is 10.9. The molecule has 0 fully saturated rings. The first kappa shape index (κ1) is 14.7. The summed E-state index contributed by atoms with van der Waals surface area (Å²) in [7, 11) is -3.66. The van der Waals surface area contributed by atoms with Crippen LogP contribution in [0.1, 0.15) is 22.8 Å². The van der Waals surface area contributed by atoms with Gasteiger partial charge in [0.1, 0.15) is 0 Å². The van der Waals surface area contributed by atoms with Gasteiger partial charge in [-0.1, -0.05) is 17.7 Å². The van der Waals surface area contributed by atoms with Crippen LogP contribution in [0.25, 0.3) is 0 Å². The van der Waals surface area contributed by atoms with Gasteiger partial charge in [0.2, 0.25) is 0 Å². The molecule has 1 N–H and O–H groups in total. The Bertz CT molecular complexity index is 605. The number of halogens is 1. The number of hydrogen-bond donors (Lipinski definition) is 1. The molecular formula is C12H13ClO4S. The summed E-state index contributed by atoms with van der Waals surface area (Å²) >= 11 is 5.77. The lowest BCUT2D eigenvalue weighted by Gasteiger charge is -2.13. The Balaban J connectivity index is 3.62. The Morgan fingerprint density at radius 1 is 1.50 bits per heavy atom. The lowest BCUT2D eigenvalue weighted by atomic mass is 10.1. The SMILES string of the molecule is C=CC(C)S(=O)(=O)c1cc(Cl)cc(C(=O)O)c1C. The standard InChI is InChI=1S/C12H13ClO4S/c1-4-7(2)18(16,17)11-6-9(13)5-10(8(11)3)12(14)15/h4-7H,1H2,2-3H3,(H,14,15). The van der Waals surface area contributed by atoms with Gasteiger partial charge in [0, 0.05) is 5.02 Å². The van der Waals surface area contributed by atoms with Crippen LogP contribution in [0, 0.1) is 6.92 Å². The molecule has 1 rings (SSSR count). The molecule has 6 heteroatoms. The molecule has 98 valence electrons. The second-order valence-electron chi connectivity index (χ2n) is 3.87. The van der Waals surface area contributed by atoms with Gasteiger partial charge in [-0.15, -0.1) is 6.58 Å². The van der Waals surface area contributed by atoms with Crippen LogP contribution in [0.3, 0.4) is 0 Å². The number of aromatic carboxylic acids is 1. The largest absolute Gasteiger partial charge is 0.478 e. The summed E-state index contributed by atoms with van der Waals surface area (Å²) in [5.74, 6) is -1.21. The summed E-state index contributed by atoms with van der Waals surface area (Å²) in [6, 6.07) is 2.50. The van der Waals surface area contributed by atoms with Gasteiger partial charge in [0.25, 0.3) is 0 Å². The van der Waals surface area contributed by atoms with Gasteiger partial charge in [0.15, 0.2) is 9.84 Å². The predicted octanol–water partition coefficient (Wildman–Crippen LogP) is 2.69. The summed E-state index contributed by atoms with van der Waals surface area (Å²) in [5.41, 5.74) is 0.0675. The van der Waals surface area contributed by atoms with Crippen molar-refractivity contribution in [3.63, 3.8) is 0 Å². The molecule has 0 saturated heterocycles. The third-order valence-electron chi connectivity index (χ3n) is 2.68. The van der Waals surface area contributed by atoms with Gasteiger partial charge in [-0.3, -0.25) is 0 Å². The van der Waals surface area contributed by atoms with Crippen molar-refractivity contribution in [2.45, 2.75) is 24.0 Å². The Morgan fingerprint density at radius 2 is 2.06 bits per heavy atom. The van der Waals surface area contributed by atoms with Crippen molar-refractivity contribution in [3.8, 4) is 0 Å². The molecule has 0 amide bonds. The summed E-state index contributed by atoms with van der Waals surface area (Å²) in [6.45, 7) is 6.36. The smallest absolute Gasteiger partial charge is 0.336 e. The molecule has 4 nitrogen and oxygen atoms in total. The fraction of sp³-hybridized carbons (Fsp3) is 0.250. The molecule has 0 aromatic heterocycles. The topological polar surface area (TPSA) is 71.4 Å². The highest BCUT2D eigenvalue weighted by atomic mass is 35.5. The molecule has 0 aliphatic carbocycles. The second kappa shape index (κ2) is 5.12. The van der Waals surface area contributed by atoms with E-state index >= 15 is 0 Å². The van der Waals surface area contributed by atoms with E-state index in [2.05, 4.69) is 6.58 Å². The Morgan fingerprint density at radius 3 is 2.50 bits per heavy atom. The molecule has 0 aliphatic heterocycles. The van der Waals surface area contributed by atoms with E-state index in [9.17, 15) is 13.2 Å². The summed E-state index contributed by atoms with van der Waals surface area (Å²) in [5, 5.41) is 8.27. The molecule has 0 bridgehead atoms. The monoisotopic (exact) mass is 288 g/mol. The van der Waals surface area contributed by atoms with Crippen molar-refractivity contribution < 1.29 is 18.3 Å². The van der Waals surface area contributed by atoms with E-state index in [1.165, 1.54) is 32.1 Å². The maximum absolute atomic E-state index is 12.2. The molecule has 0 radical (unpaired) electrons. The van der Waals surface area contributed by atoms with Gasteiger partial charge in [0.05, 0.1) is 15.7 Å². The number of hydrogen-bond acceptors (Lipinski definition) is 3. The molecule has 1 aromatic carbocycles. The number of carboxylic acids is 1. The first-order valence-electron chi connectivity index (χ1n) is 5.11. The van der Waals surface area contributed by atoms with E-state index in [-0.39, 0.29) is 21.0 Å². The van der Waals surface area contributed by atoms with Gasteiger partial charge >= 0.3 is 5.97 Å². The van der Waals surface area contributed by atoms with Gasteiger partial charge in [-0.25, -0.2) is 13.2 Å². The van der Waals surface area contributed by atoms with Crippen LogP contribution < -0.4 is 0 Å². The van der Waals surface area contributed by atoms with Crippen molar-refractivity contribution in [1.82, 2.24) is 0 Å². The van der Waals surface area contributed by atoms with Crippen LogP contribution in [-0.2, 0) is 9.84 Å². The minimum Gasteiger partial charge on any atom is -0.478 e. The average Bonchev–Trinajstić information content (AvgIpc) is 2.29. The van der Waals surface area contributed by atoms with Crippen LogP contribution in [0.4, 0.5) is 0 Å². The van der Waals surface area contributed by atoms with Crippen LogP contribution in [0.2, 0.25) is 5.02 Å². The lowest BCUT2D eigenvalue weighted by Crippen LogP contribution is -2.17. The number of carbonyl (C=O) groups is 1. The third kappa shape index (κ3) is 2.57. The number of rotatable bonds is 4. The maximum Gasteiger partial charge on any atom is 0.336 e. The van der Waals surface area contributed by atoms with Gasteiger partial charge in [-0.2, -0.15) is 0 Å². The summed E-state index contributed by atoms with van der Waals surface area (Å²) < 4.78 is 24.4. The fourth-order valence-electron chi connectivity index (χ4n) is 1.50. The highest BCUT2D eigenvalue weighted by Gasteiger charge is 2.25. The Hall–Kier alpha value is -1.33. The molecule has 1 unspecified atom stereocenters. The van der Waals surface area contributed by atoms with Crippen molar-refractivity contribution in [1.29, 1.82) is 0 Å². The third-order valence-corrected chi connectivity index (χ3v) is 5.11. The number of carboxylic acid groups (broad SMARTS) is 1. The van der Waals surface area contributed by atoms with Crippen molar-refractivity contribution >= 4 is 27.4 Å². The highest BCUT2D eigenvalue weighted by molar-refractivity contribution is 7.92. The first-order chi connectivity index (χ1) is 8.21. The molecule has 0 aliphatic rings.